The number of rotatable bonds is 5. The number of ether oxygens (including phenoxy) is 2. The highest BCUT2D eigenvalue weighted by molar-refractivity contribution is 5.78. The zero-order valence-corrected chi connectivity index (χ0v) is 12.2. The smallest absolute Gasteiger partial charge is 0.366 e. The standard InChI is InChI=1S/C12H21NO9/c1-5(15)13-8-6(16)3-12(20,11(19)21-2)22-10(8)9(18)7(17)4-14/h6-10,14,16-18,20H,3-4H2,1-2H3,(H,13,15)/t6-,7-,8+,9+,10?,12?/m1/s1. The highest BCUT2D eigenvalue weighted by Gasteiger charge is 2.54. The lowest BCUT2D eigenvalue weighted by Gasteiger charge is -2.45. The topological polar surface area (TPSA) is 166 Å². The number of hydrogen-bond acceptors (Lipinski definition) is 9. The van der Waals surface area contributed by atoms with Crippen molar-refractivity contribution in [2.75, 3.05) is 13.7 Å². The highest BCUT2D eigenvalue weighted by atomic mass is 16.7. The molecule has 1 saturated heterocycles. The maximum Gasteiger partial charge on any atom is 0.366 e. The molecule has 0 bridgehead atoms. The molecule has 0 aromatic heterocycles. The molecule has 0 saturated carbocycles. The van der Waals surface area contributed by atoms with Crippen LogP contribution in [0.5, 0.6) is 0 Å². The van der Waals surface area contributed by atoms with Gasteiger partial charge in [-0.1, -0.05) is 0 Å². The third-order valence-electron chi connectivity index (χ3n) is 3.38. The minimum Gasteiger partial charge on any atom is -0.465 e. The Morgan fingerprint density at radius 1 is 1.45 bits per heavy atom. The minimum atomic E-state index is -2.55. The summed E-state index contributed by atoms with van der Waals surface area (Å²) in [5.74, 6) is -4.32. The van der Waals surface area contributed by atoms with Gasteiger partial charge in [0.15, 0.2) is 0 Å². The summed E-state index contributed by atoms with van der Waals surface area (Å²) in [4.78, 5) is 22.8. The Kier molecular flexibility index (Phi) is 6.23. The fourth-order valence-corrected chi connectivity index (χ4v) is 2.29. The Morgan fingerprint density at radius 3 is 2.50 bits per heavy atom. The summed E-state index contributed by atoms with van der Waals surface area (Å²) in [5.41, 5.74) is 0. The van der Waals surface area contributed by atoms with Crippen molar-refractivity contribution in [1.29, 1.82) is 0 Å². The number of hydrogen-bond donors (Lipinski definition) is 6. The van der Waals surface area contributed by atoms with Crippen molar-refractivity contribution in [2.45, 2.75) is 49.6 Å². The monoisotopic (exact) mass is 323 g/mol. The molecule has 6 N–H and O–H groups in total. The molecule has 22 heavy (non-hydrogen) atoms. The largest absolute Gasteiger partial charge is 0.465 e. The molecule has 0 aliphatic carbocycles. The maximum absolute atomic E-state index is 11.6. The zero-order valence-electron chi connectivity index (χ0n) is 12.2. The van der Waals surface area contributed by atoms with Crippen LogP contribution in [0.2, 0.25) is 0 Å². The van der Waals surface area contributed by atoms with Crippen molar-refractivity contribution < 1.29 is 44.6 Å². The lowest BCUT2D eigenvalue weighted by Crippen LogP contribution is -2.67. The van der Waals surface area contributed by atoms with E-state index in [2.05, 4.69) is 10.1 Å². The van der Waals surface area contributed by atoms with Gasteiger partial charge in [-0.2, -0.15) is 0 Å². The van der Waals surface area contributed by atoms with Crippen LogP contribution in [0.15, 0.2) is 0 Å². The SMILES string of the molecule is COC(=O)C1(O)C[C@@H](O)[C@H](NC(C)=O)C([C@@H](O)[C@H](O)CO)O1. The van der Waals surface area contributed by atoms with E-state index < -0.39 is 61.1 Å². The molecule has 128 valence electrons. The molecule has 10 heteroatoms. The van der Waals surface area contributed by atoms with Gasteiger partial charge >= 0.3 is 5.97 Å². The fourth-order valence-electron chi connectivity index (χ4n) is 2.29. The Balaban J connectivity index is 3.09. The van der Waals surface area contributed by atoms with Crippen LogP contribution >= 0.6 is 0 Å². The second-order valence-corrected chi connectivity index (χ2v) is 5.10. The van der Waals surface area contributed by atoms with E-state index >= 15 is 0 Å². The van der Waals surface area contributed by atoms with E-state index in [-0.39, 0.29) is 0 Å². The van der Waals surface area contributed by atoms with Crippen LogP contribution in [0.25, 0.3) is 0 Å². The normalized spacial score (nSPS) is 34.6. The second kappa shape index (κ2) is 7.31. The molecule has 10 nitrogen and oxygen atoms in total. The number of aliphatic hydroxyl groups is 5. The predicted octanol–water partition coefficient (Wildman–Crippen LogP) is -3.78. The van der Waals surface area contributed by atoms with Crippen molar-refractivity contribution in [3.8, 4) is 0 Å². The highest BCUT2D eigenvalue weighted by Crippen LogP contribution is 2.31. The number of aliphatic hydroxyl groups excluding tert-OH is 4. The average molecular weight is 323 g/mol. The number of amides is 1. The first kappa shape index (κ1) is 18.7. The Hall–Kier alpha value is -1.30. The van der Waals surface area contributed by atoms with Crippen LogP contribution < -0.4 is 5.32 Å². The van der Waals surface area contributed by atoms with Crippen molar-refractivity contribution in [1.82, 2.24) is 5.32 Å². The summed E-state index contributed by atoms with van der Waals surface area (Å²) in [5, 5.41) is 50.8. The van der Waals surface area contributed by atoms with Crippen molar-refractivity contribution in [2.24, 2.45) is 0 Å². The molecule has 1 fully saturated rings. The van der Waals surface area contributed by atoms with Crippen LogP contribution in [0.4, 0.5) is 0 Å². The van der Waals surface area contributed by atoms with Crippen LogP contribution in [0.1, 0.15) is 13.3 Å². The maximum atomic E-state index is 11.6. The van der Waals surface area contributed by atoms with Crippen LogP contribution in [0, 0.1) is 0 Å². The molecule has 2 unspecified atom stereocenters. The van der Waals surface area contributed by atoms with Crippen molar-refractivity contribution in [3.63, 3.8) is 0 Å². The van der Waals surface area contributed by atoms with E-state index in [0.717, 1.165) is 14.0 Å². The first-order valence-electron chi connectivity index (χ1n) is 6.57. The number of esters is 1. The number of carbonyl (C=O) groups is 2. The van der Waals surface area contributed by atoms with Gasteiger partial charge in [-0.15, -0.1) is 0 Å². The van der Waals surface area contributed by atoms with Gasteiger partial charge in [-0.25, -0.2) is 4.79 Å². The molecule has 1 aliphatic heterocycles. The lowest BCUT2D eigenvalue weighted by atomic mass is 9.88. The fraction of sp³-hybridized carbons (Fsp3) is 0.833. The van der Waals surface area contributed by atoms with Gasteiger partial charge in [0.2, 0.25) is 5.91 Å². The Bertz CT molecular complexity index is 417. The number of nitrogens with one attached hydrogen (secondary N) is 1. The first-order chi connectivity index (χ1) is 10.2. The molecule has 0 spiro atoms. The van der Waals surface area contributed by atoms with Gasteiger partial charge in [0.25, 0.3) is 5.79 Å². The minimum absolute atomic E-state index is 0.563. The van der Waals surface area contributed by atoms with Gasteiger partial charge in [-0.05, 0) is 0 Å². The van der Waals surface area contributed by atoms with E-state index in [4.69, 9.17) is 9.84 Å². The van der Waals surface area contributed by atoms with Gasteiger partial charge < -0.3 is 40.3 Å². The van der Waals surface area contributed by atoms with Crippen molar-refractivity contribution in [3.05, 3.63) is 0 Å². The third kappa shape index (κ3) is 3.91. The molecule has 1 heterocycles. The zero-order chi connectivity index (χ0) is 17.1. The molecule has 1 aliphatic rings. The second-order valence-electron chi connectivity index (χ2n) is 5.10. The Labute approximate surface area is 126 Å². The molecule has 0 radical (unpaired) electrons. The molecule has 0 aromatic carbocycles. The molecule has 6 atom stereocenters. The van der Waals surface area contributed by atoms with E-state index in [9.17, 15) is 30.0 Å². The van der Waals surface area contributed by atoms with Crippen LogP contribution in [-0.2, 0) is 19.1 Å². The molecular formula is C12H21NO9. The molecular weight excluding hydrogens is 302 g/mol. The average Bonchev–Trinajstić information content (AvgIpc) is 2.46. The van der Waals surface area contributed by atoms with Crippen LogP contribution in [-0.4, -0.2) is 87.4 Å². The molecule has 1 rings (SSSR count). The predicted molar refractivity (Wildman–Crippen MR) is 69.2 cm³/mol. The Morgan fingerprint density at radius 2 is 2.05 bits per heavy atom. The van der Waals surface area contributed by atoms with Gasteiger partial charge in [0.1, 0.15) is 18.3 Å². The van der Waals surface area contributed by atoms with Gasteiger partial charge in [-0.3, -0.25) is 4.79 Å². The summed E-state index contributed by atoms with van der Waals surface area (Å²) < 4.78 is 9.45. The number of carbonyl (C=O) groups excluding carboxylic acids is 2. The van der Waals surface area contributed by atoms with E-state index in [1.807, 2.05) is 0 Å². The summed E-state index contributed by atoms with van der Waals surface area (Å²) in [6.07, 6.45) is -7.09. The first-order valence-corrected chi connectivity index (χ1v) is 6.57. The summed E-state index contributed by atoms with van der Waals surface area (Å²) in [7, 11) is 0.990. The quantitative estimate of drug-likeness (QED) is 0.278. The summed E-state index contributed by atoms with van der Waals surface area (Å²) >= 11 is 0. The van der Waals surface area contributed by atoms with E-state index in [1.165, 1.54) is 0 Å². The molecule has 0 aromatic rings. The van der Waals surface area contributed by atoms with Gasteiger partial charge in [0, 0.05) is 13.3 Å². The molecule has 1 amide bonds. The van der Waals surface area contributed by atoms with E-state index in [0.29, 0.717) is 0 Å². The van der Waals surface area contributed by atoms with E-state index in [1.54, 1.807) is 0 Å². The van der Waals surface area contributed by atoms with Crippen LogP contribution in [0.3, 0.4) is 0 Å². The summed E-state index contributed by atoms with van der Waals surface area (Å²) in [6.45, 7) is 0.320. The van der Waals surface area contributed by atoms with Crippen molar-refractivity contribution >= 4 is 11.9 Å². The third-order valence-corrected chi connectivity index (χ3v) is 3.38. The summed E-state index contributed by atoms with van der Waals surface area (Å²) in [6, 6.07) is -1.21. The lowest BCUT2D eigenvalue weighted by molar-refractivity contribution is -0.296. The van der Waals surface area contributed by atoms with Gasteiger partial charge in [0.05, 0.1) is 25.9 Å². The number of methoxy groups -OCH3 is 1.